The molecule has 0 saturated carbocycles. The van der Waals surface area contributed by atoms with Gasteiger partial charge in [-0.15, -0.1) is 0 Å². The molecule has 0 aromatic heterocycles. The van der Waals surface area contributed by atoms with Crippen molar-refractivity contribution in [3.05, 3.63) is 6.54 Å². The maximum absolute atomic E-state index is 3.86. The van der Waals surface area contributed by atoms with Crippen molar-refractivity contribution in [1.29, 1.82) is 0 Å². The van der Waals surface area contributed by atoms with Crippen LogP contribution in [-0.4, -0.2) is 20.1 Å². The Hall–Kier alpha value is 0.189. The first-order valence-electron chi connectivity index (χ1n) is 1.45. The number of aliphatic imine (C=N–C) groups is 1. The van der Waals surface area contributed by atoms with Crippen LogP contribution in [0.25, 0.3) is 0 Å². The molecule has 1 heterocycles. The molecule has 0 bridgehead atoms. The summed E-state index contributed by atoms with van der Waals surface area (Å²) in [6, 6.07) is 0. The van der Waals surface area contributed by atoms with Crippen molar-refractivity contribution in [2.24, 2.45) is 4.99 Å². The Morgan fingerprint density at radius 1 is 1.80 bits per heavy atom. The molecule has 27 valence electrons. The Labute approximate surface area is 37.6 Å². The summed E-state index contributed by atoms with van der Waals surface area (Å²) in [6.07, 6.45) is 0. The van der Waals surface area contributed by atoms with Crippen LogP contribution in [0.15, 0.2) is 4.99 Å². The molecule has 1 aliphatic heterocycles. The Kier molecular flexibility index (Phi) is 1.07. The minimum atomic E-state index is 0.722. The average molecular weight is 133 g/mol. The summed E-state index contributed by atoms with van der Waals surface area (Å²) in [5.41, 5.74) is 0. The molecular weight excluding hydrogens is 129 g/mol. The Morgan fingerprint density at radius 2 is 2.80 bits per heavy atom. The first kappa shape index (κ1) is 3.38. The van der Waals surface area contributed by atoms with Gasteiger partial charge in [0.25, 0.3) is 0 Å². The van der Waals surface area contributed by atoms with Gasteiger partial charge in [-0.3, -0.25) is 0 Å². The van der Waals surface area contributed by atoms with E-state index in [2.05, 4.69) is 4.99 Å². The van der Waals surface area contributed by atoms with Crippen molar-refractivity contribution in [2.75, 3.05) is 0 Å². The minimum absolute atomic E-state index is 0.722. The third kappa shape index (κ3) is 0.746. The predicted molar refractivity (Wildman–Crippen MR) is 23.4 cm³/mol. The molecular formula is C3H4NSe. The summed E-state index contributed by atoms with van der Waals surface area (Å²) in [4.78, 5) is 3.86. The molecule has 0 spiro atoms. The normalized spacial score (nSPS) is 20.8. The molecule has 0 atom stereocenters. The molecule has 0 saturated heterocycles. The van der Waals surface area contributed by atoms with Crippen molar-refractivity contribution in [1.82, 2.24) is 0 Å². The van der Waals surface area contributed by atoms with Gasteiger partial charge in [0.2, 0.25) is 0 Å². The van der Waals surface area contributed by atoms with Gasteiger partial charge in [-0.05, 0) is 0 Å². The molecule has 1 rings (SSSR count). The van der Waals surface area contributed by atoms with Crippen molar-refractivity contribution < 1.29 is 0 Å². The second-order valence-corrected chi connectivity index (χ2v) is 2.61. The van der Waals surface area contributed by atoms with Crippen LogP contribution in [-0.2, 0) is 0 Å². The maximum atomic E-state index is 3.86. The molecule has 5 heavy (non-hydrogen) atoms. The van der Waals surface area contributed by atoms with Crippen LogP contribution >= 0.6 is 0 Å². The number of nitrogens with zero attached hydrogens (tertiary/aromatic N) is 1. The van der Waals surface area contributed by atoms with Gasteiger partial charge in [0.15, 0.2) is 0 Å². The van der Waals surface area contributed by atoms with Gasteiger partial charge >= 0.3 is 36.9 Å². The van der Waals surface area contributed by atoms with Crippen molar-refractivity contribution in [3.63, 3.8) is 0 Å². The van der Waals surface area contributed by atoms with Gasteiger partial charge < -0.3 is 0 Å². The van der Waals surface area contributed by atoms with E-state index in [0.29, 0.717) is 0 Å². The fourth-order valence-corrected chi connectivity index (χ4v) is 1.12. The molecule has 0 fully saturated rings. The molecule has 1 nitrogen and oxygen atoms in total. The van der Waals surface area contributed by atoms with E-state index in [1.165, 1.54) is 5.32 Å². The zero-order valence-corrected chi connectivity index (χ0v) is 4.43. The van der Waals surface area contributed by atoms with E-state index in [1.54, 1.807) is 0 Å². The first-order chi connectivity index (χ1) is 2.50. The number of rotatable bonds is 0. The average Bonchev–Trinajstić information content (AvgIpc) is 1.76. The summed E-state index contributed by atoms with van der Waals surface area (Å²) in [7, 11) is 0. The molecule has 1 aliphatic rings. The Balaban J connectivity index is 2.32. The van der Waals surface area contributed by atoms with Gasteiger partial charge in [-0.25, -0.2) is 0 Å². The van der Waals surface area contributed by atoms with Crippen LogP contribution in [0.1, 0.15) is 0 Å². The van der Waals surface area contributed by atoms with Crippen molar-refractivity contribution in [3.8, 4) is 0 Å². The van der Waals surface area contributed by atoms with E-state index in [9.17, 15) is 0 Å². The summed E-state index contributed by atoms with van der Waals surface area (Å²) >= 11 is 0.722. The van der Waals surface area contributed by atoms with Crippen LogP contribution in [0.3, 0.4) is 0 Å². The van der Waals surface area contributed by atoms with Crippen LogP contribution < -0.4 is 0 Å². The molecule has 0 unspecified atom stereocenters. The molecule has 0 aromatic rings. The summed E-state index contributed by atoms with van der Waals surface area (Å²) in [5, 5.41) is 3.21. The van der Waals surface area contributed by atoms with E-state index < -0.39 is 0 Å². The van der Waals surface area contributed by atoms with E-state index in [4.69, 9.17) is 0 Å². The molecule has 1 radical (unpaired) electrons. The topological polar surface area (TPSA) is 12.4 Å². The molecule has 0 aromatic carbocycles. The third-order valence-corrected chi connectivity index (χ3v) is 1.70. The van der Waals surface area contributed by atoms with Crippen LogP contribution in [0.4, 0.5) is 0 Å². The van der Waals surface area contributed by atoms with Crippen molar-refractivity contribution >= 4 is 20.1 Å². The van der Waals surface area contributed by atoms with Crippen LogP contribution in [0.2, 0.25) is 5.32 Å². The predicted octanol–water partition coefficient (Wildman–Crippen LogP) is 0.313. The summed E-state index contributed by atoms with van der Waals surface area (Å²) in [5.74, 6) is 0. The van der Waals surface area contributed by atoms with Crippen LogP contribution in [0.5, 0.6) is 0 Å². The standard InChI is InChI=1S/C3H4NSe/c1-2-5-3-4-1/h1,3H,2H2. The first-order valence-corrected chi connectivity index (χ1v) is 3.65. The molecule has 0 aliphatic carbocycles. The van der Waals surface area contributed by atoms with Gasteiger partial charge in [-0.2, -0.15) is 0 Å². The zero-order chi connectivity index (χ0) is 3.54. The van der Waals surface area contributed by atoms with Gasteiger partial charge in [0, 0.05) is 0 Å². The van der Waals surface area contributed by atoms with E-state index >= 15 is 0 Å². The Morgan fingerprint density at radius 3 is 3.00 bits per heavy atom. The van der Waals surface area contributed by atoms with E-state index in [0.717, 1.165) is 15.0 Å². The molecule has 2 heteroatoms. The second-order valence-electron chi connectivity index (χ2n) is 0.770. The summed E-state index contributed by atoms with van der Waals surface area (Å²) < 4.78 is 0. The third-order valence-electron chi connectivity index (χ3n) is 0.412. The zero-order valence-electron chi connectivity index (χ0n) is 2.72. The quantitative estimate of drug-likeness (QED) is 0.422. The monoisotopic (exact) mass is 134 g/mol. The van der Waals surface area contributed by atoms with Crippen molar-refractivity contribution in [2.45, 2.75) is 5.32 Å². The number of hydrogen-bond donors (Lipinski definition) is 0. The molecule has 0 N–H and O–H groups in total. The SMILES string of the molecule is [CH]1C[Se]C=N1. The molecule has 0 amide bonds. The van der Waals surface area contributed by atoms with Crippen LogP contribution in [0, 0.1) is 6.54 Å². The van der Waals surface area contributed by atoms with E-state index in [1.807, 2.05) is 11.7 Å². The summed E-state index contributed by atoms with van der Waals surface area (Å²) in [6.45, 7) is 1.96. The van der Waals surface area contributed by atoms with Gasteiger partial charge in [0.1, 0.15) is 0 Å². The second kappa shape index (κ2) is 1.58. The van der Waals surface area contributed by atoms with Gasteiger partial charge in [0.05, 0.1) is 0 Å². The van der Waals surface area contributed by atoms with E-state index in [-0.39, 0.29) is 0 Å². The Bertz CT molecular complexity index is 44.9. The fraction of sp³-hybridized carbons (Fsp3) is 0.333. The van der Waals surface area contributed by atoms with Gasteiger partial charge in [-0.1, -0.05) is 0 Å². The number of hydrogen-bond acceptors (Lipinski definition) is 1. The fourth-order valence-electron chi connectivity index (χ4n) is 0.215.